The third-order valence-corrected chi connectivity index (χ3v) is 6.15. The van der Waals surface area contributed by atoms with Crippen LogP contribution in [0.5, 0.6) is 5.75 Å². The lowest BCUT2D eigenvalue weighted by molar-refractivity contribution is 0.0998. The van der Waals surface area contributed by atoms with Gasteiger partial charge in [-0.05, 0) is 55.2 Å². The number of aromatic nitrogens is 2. The van der Waals surface area contributed by atoms with Crippen LogP contribution in [-0.2, 0) is 0 Å². The number of hydrogen-bond acceptors (Lipinski definition) is 6. The zero-order valence-electron chi connectivity index (χ0n) is 18.7. The first-order chi connectivity index (χ1) is 16.1. The molecule has 0 atom stereocenters. The number of ether oxygens (including phenoxy) is 1. The first kappa shape index (κ1) is 21.0. The number of piperidine rings is 1. The smallest absolute Gasteiger partial charge is 0.291 e. The van der Waals surface area contributed by atoms with Gasteiger partial charge in [0.25, 0.3) is 5.91 Å². The lowest BCUT2D eigenvalue weighted by Gasteiger charge is -2.30. The van der Waals surface area contributed by atoms with Crippen molar-refractivity contribution < 1.29 is 13.9 Å². The number of anilines is 2. The van der Waals surface area contributed by atoms with E-state index < -0.39 is 0 Å². The van der Waals surface area contributed by atoms with Gasteiger partial charge in [0.15, 0.2) is 22.9 Å². The number of carbonyl (C=O) groups is 1. The van der Waals surface area contributed by atoms with E-state index in [1.807, 2.05) is 48.5 Å². The highest BCUT2D eigenvalue weighted by Gasteiger charge is 2.18. The van der Waals surface area contributed by atoms with Gasteiger partial charge in [0.05, 0.1) is 12.8 Å². The number of para-hydroxylation sites is 1. The Balaban J connectivity index is 1.26. The summed E-state index contributed by atoms with van der Waals surface area (Å²) in [7, 11) is 1.57. The van der Waals surface area contributed by atoms with Crippen molar-refractivity contribution in [2.45, 2.75) is 19.8 Å². The first-order valence-corrected chi connectivity index (χ1v) is 11.2. The summed E-state index contributed by atoms with van der Waals surface area (Å²) in [6.07, 6.45) is 2.39. The second kappa shape index (κ2) is 8.94. The minimum absolute atomic E-state index is 0.229. The summed E-state index contributed by atoms with van der Waals surface area (Å²) >= 11 is 0. The Labute approximate surface area is 192 Å². The molecule has 0 saturated carbocycles. The Morgan fingerprint density at radius 2 is 1.85 bits per heavy atom. The van der Waals surface area contributed by atoms with Crippen molar-refractivity contribution in [3.63, 3.8) is 0 Å². The van der Waals surface area contributed by atoms with Crippen molar-refractivity contribution in [1.29, 1.82) is 0 Å². The fraction of sp³-hybridized carbons (Fsp3) is 0.269. The van der Waals surface area contributed by atoms with Gasteiger partial charge in [0, 0.05) is 29.7 Å². The van der Waals surface area contributed by atoms with Gasteiger partial charge in [0.2, 0.25) is 0 Å². The molecule has 1 aliphatic rings. The Hall–Kier alpha value is -3.87. The average molecular weight is 443 g/mol. The zero-order chi connectivity index (χ0) is 22.8. The average Bonchev–Trinajstić information content (AvgIpc) is 3.30. The maximum Gasteiger partial charge on any atom is 0.291 e. The molecule has 0 radical (unpaired) electrons. The van der Waals surface area contributed by atoms with Crippen molar-refractivity contribution >= 4 is 28.4 Å². The van der Waals surface area contributed by atoms with Crippen molar-refractivity contribution in [1.82, 2.24) is 10.2 Å². The van der Waals surface area contributed by atoms with Gasteiger partial charge in [-0.2, -0.15) is 0 Å². The molecule has 1 N–H and O–H groups in total. The van der Waals surface area contributed by atoms with E-state index in [0.29, 0.717) is 17.0 Å². The largest absolute Gasteiger partial charge is 0.493 e. The topological polar surface area (TPSA) is 80.5 Å². The summed E-state index contributed by atoms with van der Waals surface area (Å²) in [6, 6.07) is 18.8. The van der Waals surface area contributed by atoms with E-state index in [4.69, 9.17) is 9.15 Å². The van der Waals surface area contributed by atoms with Crippen LogP contribution in [0.15, 0.2) is 65.1 Å². The number of methoxy groups -OCH3 is 1. The molecule has 0 spiro atoms. The standard InChI is InChI=1S/C26H26N4O3/c1-17-12-14-30(15-13-17)24-11-10-21(28-29-24)18-6-8-20(9-7-18)27-26(31)23-16-19-4-3-5-22(32-2)25(19)33-23/h3-11,16-17H,12-15H2,1-2H3,(H,27,31). The summed E-state index contributed by atoms with van der Waals surface area (Å²) < 4.78 is 11.0. The van der Waals surface area contributed by atoms with Crippen LogP contribution in [0.4, 0.5) is 11.5 Å². The predicted octanol–water partition coefficient (Wildman–Crippen LogP) is 5.39. The predicted molar refractivity (Wildman–Crippen MR) is 129 cm³/mol. The molecular weight excluding hydrogens is 416 g/mol. The number of amides is 1. The van der Waals surface area contributed by atoms with Crippen molar-refractivity contribution in [3.05, 3.63) is 66.4 Å². The molecule has 0 bridgehead atoms. The molecule has 1 amide bonds. The highest BCUT2D eigenvalue weighted by Crippen LogP contribution is 2.29. The summed E-state index contributed by atoms with van der Waals surface area (Å²) in [4.78, 5) is 15.0. The monoisotopic (exact) mass is 442 g/mol. The van der Waals surface area contributed by atoms with E-state index in [1.165, 1.54) is 12.8 Å². The Morgan fingerprint density at radius 1 is 1.06 bits per heavy atom. The normalized spacial score (nSPS) is 14.4. The molecule has 2 aromatic carbocycles. The third kappa shape index (κ3) is 4.39. The number of fused-ring (bicyclic) bond motifs is 1. The second-order valence-corrected chi connectivity index (χ2v) is 8.47. The molecule has 3 heterocycles. The van der Waals surface area contributed by atoms with Crippen LogP contribution >= 0.6 is 0 Å². The third-order valence-electron chi connectivity index (χ3n) is 6.15. The van der Waals surface area contributed by atoms with Crippen molar-refractivity contribution in [2.75, 3.05) is 30.4 Å². The molecule has 7 heteroatoms. The Morgan fingerprint density at radius 3 is 2.55 bits per heavy atom. The van der Waals surface area contributed by atoms with Crippen LogP contribution < -0.4 is 15.0 Å². The quantitative estimate of drug-likeness (QED) is 0.447. The fourth-order valence-corrected chi connectivity index (χ4v) is 4.11. The fourth-order valence-electron chi connectivity index (χ4n) is 4.11. The van der Waals surface area contributed by atoms with Gasteiger partial charge < -0.3 is 19.4 Å². The number of hydrogen-bond donors (Lipinski definition) is 1. The molecule has 1 aliphatic heterocycles. The molecule has 33 heavy (non-hydrogen) atoms. The lowest BCUT2D eigenvalue weighted by atomic mass is 9.99. The van der Waals surface area contributed by atoms with Gasteiger partial charge in [-0.25, -0.2) is 0 Å². The van der Waals surface area contributed by atoms with Crippen molar-refractivity contribution in [2.24, 2.45) is 5.92 Å². The second-order valence-electron chi connectivity index (χ2n) is 8.47. The van der Waals surface area contributed by atoms with E-state index >= 15 is 0 Å². The highest BCUT2D eigenvalue weighted by molar-refractivity contribution is 6.05. The van der Waals surface area contributed by atoms with E-state index in [0.717, 1.165) is 41.5 Å². The number of nitrogens with one attached hydrogen (secondary N) is 1. The molecule has 0 aliphatic carbocycles. The zero-order valence-corrected chi connectivity index (χ0v) is 18.7. The van der Waals surface area contributed by atoms with E-state index in [9.17, 15) is 4.79 Å². The number of rotatable bonds is 5. The molecular formula is C26H26N4O3. The molecule has 4 aromatic rings. The van der Waals surface area contributed by atoms with Gasteiger partial charge in [-0.1, -0.05) is 31.2 Å². The summed E-state index contributed by atoms with van der Waals surface area (Å²) in [5.74, 6) is 2.21. The maximum atomic E-state index is 12.7. The first-order valence-electron chi connectivity index (χ1n) is 11.2. The van der Waals surface area contributed by atoms with E-state index in [-0.39, 0.29) is 11.7 Å². The van der Waals surface area contributed by atoms with E-state index in [1.54, 1.807) is 19.2 Å². The van der Waals surface area contributed by atoms with Crippen LogP contribution in [0.25, 0.3) is 22.2 Å². The van der Waals surface area contributed by atoms with Crippen LogP contribution in [0, 0.1) is 5.92 Å². The lowest BCUT2D eigenvalue weighted by Crippen LogP contribution is -2.33. The van der Waals surface area contributed by atoms with Crippen LogP contribution in [0.3, 0.4) is 0 Å². The summed E-state index contributed by atoms with van der Waals surface area (Å²) in [6.45, 7) is 4.36. The van der Waals surface area contributed by atoms with E-state index in [2.05, 4.69) is 27.3 Å². The number of nitrogens with zero attached hydrogens (tertiary/aromatic N) is 3. The Bertz CT molecular complexity index is 1260. The van der Waals surface area contributed by atoms with Gasteiger partial charge >= 0.3 is 0 Å². The minimum Gasteiger partial charge on any atom is -0.493 e. The molecule has 168 valence electrons. The van der Waals surface area contributed by atoms with Crippen LogP contribution in [0.1, 0.15) is 30.3 Å². The Kier molecular flexibility index (Phi) is 5.69. The highest BCUT2D eigenvalue weighted by atomic mass is 16.5. The van der Waals surface area contributed by atoms with Gasteiger partial charge in [-0.15, -0.1) is 10.2 Å². The molecule has 2 aromatic heterocycles. The van der Waals surface area contributed by atoms with Crippen molar-refractivity contribution in [3.8, 4) is 17.0 Å². The maximum absolute atomic E-state index is 12.7. The molecule has 5 rings (SSSR count). The minimum atomic E-state index is -0.319. The number of furan rings is 1. The molecule has 1 saturated heterocycles. The van der Waals surface area contributed by atoms with Gasteiger partial charge in [-0.3, -0.25) is 4.79 Å². The summed E-state index contributed by atoms with van der Waals surface area (Å²) in [5.41, 5.74) is 2.96. The molecule has 1 fully saturated rings. The van der Waals surface area contributed by atoms with Crippen LogP contribution in [-0.4, -0.2) is 36.3 Å². The summed E-state index contributed by atoms with van der Waals surface area (Å²) in [5, 5.41) is 12.5. The number of benzene rings is 2. The van der Waals surface area contributed by atoms with Crippen LogP contribution in [0.2, 0.25) is 0 Å². The number of carbonyl (C=O) groups excluding carboxylic acids is 1. The van der Waals surface area contributed by atoms with Gasteiger partial charge in [0.1, 0.15) is 0 Å². The molecule has 7 nitrogen and oxygen atoms in total. The SMILES string of the molecule is COc1cccc2cc(C(=O)Nc3ccc(-c4ccc(N5CCC(C)CC5)nn4)cc3)oc12. The molecule has 0 unspecified atom stereocenters.